The molecule has 2 rings (SSSR count). The number of benzene rings is 1. The molecule has 0 radical (unpaired) electrons. The number of para-hydroxylation sites is 1. The SMILES string of the molecule is O=S(=O)(/C=C/C=C\S)Nc1cccc2cccnc12. The smallest absolute Gasteiger partial charge is 0.255 e. The molecule has 0 saturated heterocycles. The molecule has 98 valence electrons. The minimum atomic E-state index is -3.55. The van der Waals surface area contributed by atoms with E-state index in [0.717, 1.165) is 10.8 Å². The number of thiol groups is 1. The van der Waals surface area contributed by atoms with Crippen LogP contribution in [0.15, 0.2) is 59.5 Å². The Bertz CT molecular complexity index is 732. The van der Waals surface area contributed by atoms with Gasteiger partial charge in [-0.25, -0.2) is 8.42 Å². The Morgan fingerprint density at radius 3 is 2.74 bits per heavy atom. The summed E-state index contributed by atoms with van der Waals surface area (Å²) in [6, 6.07) is 9.01. The van der Waals surface area contributed by atoms with E-state index in [-0.39, 0.29) is 0 Å². The zero-order valence-electron chi connectivity index (χ0n) is 9.89. The Labute approximate surface area is 117 Å². The van der Waals surface area contributed by atoms with Gasteiger partial charge in [-0.05, 0) is 23.6 Å². The van der Waals surface area contributed by atoms with E-state index in [9.17, 15) is 8.42 Å². The molecule has 0 aliphatic rings. The van der Waals surface area contributed by atoms with Crippen LogP contribution in [0.5, 0.6) is 0 Å². The van der Waals surface area contributed by atoms with Gasteiger partial charge in [0.25, 0.3) is 10.0 Å². The third kappa shape index (κ3) is 3.59. The van der Waals surface area contributed by atoms with Crippen molar-refractivity contribution in [2.24, 2.45) is 0 Å². The molecule has 6 heteroatoms. The van der Waals surface area contributed by atoms with E-state index in [1.54, 1.807) is 24.4 Å². The Hall–Kier alpha value is -1.79. The molecule has 1 aromatic carbocycles. The van der Waals surface area contributed by atoms with Crippen molar-refractivity contribution in [3.63, 3.8) is 0 Å². The van der Waals surface area contributed by atoms with E-state index in [1.807, 2.05) is 12.1 Å². The zero-order valence-corrected chi connectivity index (χ0v) is 11.6. The molecule has 0 atom stereocenters. The van der Waals surface area contributed by atoms with Gasteiger partial charge in [-0.15, -0.1) is 0 Å². The van der Waals surface area contributed by atoms with Crippen molar-refractivity contribution in [1.82, 2.24) is 4.98 Å². The van der Waals surface area contributed by atoms with Gasteiger partial charge >= 0.3 is 0 Å². The van der Waals surface area contributed by atoms with Crippen LogP contribution < -0.4 is 4.72 Å². The number of rotatable bonds is 4. The van der Waals surface area contributed by atoms with Gasteiger partial charge in [0.15, 0.2) is 0 Å². The predicted octanol–water partition coefficient (Wildman–Crippen LogP) is 2.93. The van der Waals surface area contributed by atoms with Crippen molar-refractivity contribution in [2.75, 3.05) is 4.72 Å². The largest absolute Gasteiger partial charge is 0.278 e. The third-order valence-corrected chi connectivity index (χ3v) is 3.53. The van der Waals surface area contributed by atoms with Crippen molar-refractivity contribution in [1.29, 1.82) is 0 Å². The first-order valence-electron chi connectivity index (χ1n) is 5.46. The van der Waals surface area contributed by atoms with Crippen molar-refractivity contribution >= 4 is 39.2 Å². The number of sulfonamides is 1. The van der Waals surface area contributed by atoms with Gasteiger partial charge in [-0.1, -0.05) is 24.3 Å². The lowest BCUT2D eigenvalue weighted by atomic mass is 10.2. The highest BCUT2D eigenvalue weighted by Crippen LogP contribution is 2.21. The highest BCUT2D eigenvalue weighted by atomic mass is 32.2. The summed E-state index contributed by atoms with van der Waals surface area (Å²) >= 11 is 3.84. The van der Waals surface area contributed by atoms with Crippen LogP contribution in [-0.2, 0) is 10.0 Å². The molecule has 0 bridgehead atoms. The number of pyridine rings is 1. The fourth-order valence-electron chi connectivity index (χ4n) is 1.57. The first-order valence-corrected chi connectivity index (χ1v) is 7.53. The molecule has 0 unspecified atom stereocenters. The molecule has 4 nitrogen and oxygen atoms in total. The zero-order chi connectivity index (χ0) is 13.7. The van der Waals surface area contributed by atoms with E-state index < -0.39 is 10.0 Å². The quantitative estimate of drug-likeness (QED) is 0.673. The molecule has 2 aromatic rings. The average Bonchev–Trinajstić information content (AvgIpc) is 2.39. The summed E-state index contributed by atoms with van der Waals surface area (Å²) in [6.45, 7) is 0. The summed E-state index contributed by atoms with van der Waals surface area (Å²) in [5.41, 5.74) is 1.07. The van der Waals surface area contributed by atoms with Crippen molar-refractivity contribution in [3.8, 4) is 0 Å². The number of hydrogen-bond donors (Lipinski definition) is 2. The molecule has 0 spiro atoms. The maximum absolute atomic E-state index is 11.8. The molecule has 1 N–H and O–H groups in total. The number of fused-ring (bicyclic) bond motifs is 1. The maximum Gasteiger partial charge on any atom is 0.255 e. The summed E-state index contributed by atoms with van der Waals surface area (Å²) in [5.74, 6) is 0. The number of hydrogen-bond acceptors (Lipinski definition) is 4. The lowest BCUT2D eigenvalue weighted by molar-refractivity contribution is 0.609. The van der Waals surface area contributed by atoms with Crippen molar-refractivity contribution in [3.05, 3.63) is 59.5 Å². The van der Waals surface area contributed by atoms with Gasteiger partial charge in [-0.3, -0.25) is 9.71 Å². The highest BCUT2D eigenvalue weighted by molar-refractivity contribution is 7.95. The molecule has 1 heterocycles. The lowest BCUT2D eigenvalue weighted by Gasteiger charge is -2.07. The standard InChI is InChI=1S/C13H12N2O2S2/c16-19(17,10-2-1-9-18)15-12-7-3-5-11-6-4-8-14-13(11)12/h1-10,15,18H/b9-1-,10-2+. The number of aromatic nitrogens is 1. The Balaban J connectivity index is 2.36. The van der Waals surface area contributed by atoms with Gasteiger partial charge in [0.05, 0.1) is 16.6 Å². The van der Waals surface area contributed by atoms with Crippen LogP contribution in [0.3, 0.4) is 0 Å². The minimum absolute atomic E-state index is 0.456. The summed E-state index contributed by atoms with van der Waals surface area (Å²) in [4.78, 5) is 4.18. The van der Waals surface area contributed by atoms with Gasteiger partial charge in [0.2, 0.25) is 0 Å². The number of nitrogens with one attached hydrogen (secondary N) is 1. The van der Waals surface area contributed by atoms with Crippen LogP contribution in [0.4, 0.5) is 5.69 Å². The number of allylic oxidation sites excluding steroid dienone is 2. The minimum Gasteiger partial charge on any atom is -0.278 e. The fraction of sp³-hybridized carbons (Fsp3) is 0. The van der Waals surface area contributed by atoms with Gasteiger partial charge < -0.3 is 0 Å². The molecule has 0 aliphatic heterocycles. The van der Waals surface area contributed by atoms with Crippen molar-refractivity contribution in [2.45, 2.75) is 0 Å². The molecule has 0 amide bonds. The molecule has 0 aliphatic carbocycles. The van der Waals surface area contributed by atoms with Gasteiger partial charge in [0.1, 0.15) is 0 Å². The summed E-state index contributed by atoms with van der Waals surface area (Å²) < 4.78 is 26.2. The number of anilines is 1. The second-order valence-electron chi connectivity index (χ2n) is 3.70. The second kappa shape index (κ2) is 5.90. The predicted molar refractivity (Wildman–Crippen MR) is 81.6 cm³/mol. The van der Waals surface area contributed by atoms with Crippen LogP contribution in [0, 0.1) is 0 Å². The molecule has 1 aromatic heterocycles. The molecular formula is C13H12N2O2S2. The van der Waals surface area contributed by atoms with Crippen molar-refractivity contribution < 1.29 is 8.42 Å². The normalized spacial score (nSPS) is 12.5. The van der Waals surface area contributed by atoms with Crippen LogP contribution >= 0.6 is 12.6 Å². The average molecular weight is 292 g/mol. The van der Waals surface area contributed by atoms with E-state index in [4.69, 9.17) is 0 Å². The second-order valence-corrected chi connectivity index (χ2v) is 5.56. The first-order chi connectivity index (χ1) is 9.12. The lowest BCUT2D eigenvalue weighted by Crippen LogP contribution is -2.09. The number of nitrogens with zero attached hydrogens (tertiary/aromatic N) is 1. The van der Waals surface area contributed by atoms with Crippen LogP contribution in [0.1, 0.15) is 0 Å². The van der Waals surface area contributed by atoms with E-state index in [0.29, 0.717) is 11.2 Å². The van der Waals surface area contributed by atoms with Crippen LogP contribution in [0.2, 0.25) is 0 Å². The van der Waals surface area contributed by atoms with Crippen LogP contribution in [-0.4, -0.2) is 13.4 Å². The Kier molecular flexibility index (Phi) is 4.24. The van der Waals surface area contributed by atoms with E-state index in [2.05, 4.69) is 22.3 Å². The van der Waals surface area contributed by atoms with E-state index >= 15 is 0 Å². The molecule has 19 heavy (non-hydrogen) atoms. The molecule has 0 saturated carbocycles. The fourth-order valence-corrected chi connectivity index (χ4v) is 2.51. The molecule has 0 fully saturated rings. The van der Waals surface area contributed by atoms with Gasteiger partial charge in [-0.2, -0.15) is 12.6 Å². The topological polar surface area (TPSA) is 59.1 Å². The third-order valence-electron chi connectivity index (χ3n) is 2.34. The Morgan fingerprint density at radius 2 is 1.95 bits per heavy atom. The van der Waals surface area contributed by atoms with E-state index in [1.165, 1.54) is 17.6 Å². The van der Waals surface area contributed by atoms with Gasteiger partial charge in [0, 0.05) is 11.6 Å². The monoisotopic (exact) mass is 292 g/mol. The maximum atomic E-state index is 11.8. The highest BCUT2D eigenvalue weighted by Gasteiger charge is 2.08. The Morgan fingerprint density at radius 1 is 1.16 bits per heavy atom. The van der Waals surface area contributed by atoms with Crippen LogP contribution in [0.25, 0.3) is 10.9 Å². The molecular weight excluding hydrogens is 280 g/mol. The summed E-state index contributed by atoms with van der Waals surface area (Å²) in [5, 5.41) is 3.40. The summed E-state index contributed by atoms with van der Waals surface area (Å²) in [7, 11) is -3.55. The summed E-state index contributed by atoms with van der Waals surface area (Å²) in [6.07, 6.45) is 4.54. The first kappa shape index (κ1) is 13.6.